The summed E-state index contributed by atoms with van der Waals surface area (Å²) in [5.74, 6) is 0. The standard InChI is InChI=1S/C55H36N2S/c1-4-18-37(19-5-1)55(45-27-13-10-24-41(45)42-25-11-14-28-46(42)55)47-29-16-32-51-53(47)54-50(31-17-33-52(54)58-51)56(38-20-6-2-7-21-38)40-34-35-49-44(36-40)43-26-12-15-30-48(43)57(49)39-22-8-3-9-23-39/h1-36H. The lowest BCUT2D eigenvalue weighted by molar-refractivity contribution is 0.777. The van der Waals surface area contributed by atoms with Crippen molar-refractivity contribution in [2.75, 3.05) is 4.90 Å². The number of anilines is 3. The van der Waals surface area contributed by atoms with Gasteiger partial charge in [-0.1, -0.05) is 152 Å². The number of hydrogen-bond acceptors (Lipinski definition) is 2. The lowest BCUT2D eigenvalue weighted by Gasteiger charge is -2.35. The SMILES string of the molecule is c1ccc(N(c2ccc3c(c2)c2ccccc2n3-c2ccccc2)c2cccc3sc4cccc(C5(c6ccccc6)c6ccccc6-c6ccccc65)c4c23)cc1. The molecular weight excluding hydrogens is 721 g/mol. The smallest absolute Gasteiger partial charge is 0.0720 e. The molecule has 1 aliphatic rings. The molecule has 0 radical (unpaired) electrons. The number of hydrogen-bond donors (Lipinski definition) is 0. The summed E-state index contributed by atoms with van der Waals surface area (Å²) in [5, 5.41) is 5.03. The summed E-state index contributed by atoms with van der Waals surface area (Å²) in [6.07, 6.45) is 0. The molecule has 2 heterocycles. The molecule has 0 unspecified atom stereocenters. The number of thiophene rings is 1. The summed E-state index contributed by atoms with van der Waals surface area (Å²) in [5.41, 5.74) is 14.3. The van der Waals surface area contributed by atoms with E-state index in [1.807, 2.05) is 11.3 Å². The van der Waals surface area contributed by atoms with Crippen LogP contribution >= 0.6 is 11.3 Å². The maximum absolute atomic E-state index is 2.48. The molecule has 0 amide bonds. The van der Waals surface area contributed by atoms with E-state index in [1.165, 1.54) is 75.4 Å². The molecule has 0 fully saturated rings. The molecule has 58 heavy (non-hydrogen) atoms. The second-order valence-corrected chi connectivity index (χ2v) is 16.3. The van der Waals surface area contributed by atoms with Gasteiger partial charge in [-0.3, -0.25) is 0 Å². The van der Waals surface area contributed by atoms with Crippen LogP contribution in [0.25, 0.3) is 58.8 Å². The molecule has 0 saturated heterocycles. The molecule has 11 aromatic rings. The van der Waals surface area contributed by atoms with Crippen molar-refractivity contribution in [1.82, 2.24) is 4.57 Å². The summed E-state index contributed by atoms with van der Waals surface area (Å²) in [4.78, 5) is 2.48. The molecule has 1 aliphatic carbocycles. The van der Waals surface area contributed by atoms with Crippen LogP contribution in [-0.4, -0.2) is 4.57 Å². The van der Waals surface area contributed by atoms with Gasteiger partial charge >= 0.3 is 0 Å². The quantitative estimate of drug-likeness (QED) is 0.164. The highest BCUT2D eigenvalue weighted by atomic mass is 32.1. The van der Waals surface area contributed by atoms with Gasteiger partial charge in [-0.05, 0) is 100 Å². The molecule has 272 valence electrons. The predicted molar refractivity (Wildman–Crippen MR) is 246 cm³/mol. The summed E-state index contributed by atoms with van der Waals surface area (Å²) in [6.45, 7) is 0. The van der Waals surface area contributed by atoms with Crippen LogP contribution in [0.15, 0.2) is 218 Å². The van der Waals surface area contributed by atoms with Crippen molar-refractivity contribution in [2.24, 2.45) is 0 Å². The van der Waals surface area contributed by atoms with E-state index >= 15 is 0 Å². The third kappa shape index (κ3) is 4.65. The lowest BCUT2D eigenvalue weighted by Crippen LogP contribution is -2.28. The molecule has 0 atom stereocenters. The topological polar surface area (TPSA) is 8.17 Å². The van der Waals surface area contributed by atoms with Crippen molar-refractivity contribution < 1.29 is 0 Å². The number of fused-ring (bicyclic) bond motifs is 9. The zero-order chi connectivity index (χ0) is 38.2. The first-order chi connectivity index (χ1) is 28.8. The highest BCUT2D eigenvalue weighted by Gasteiger charge is 2.47. The monoisotopic (exact) mass is 756 g/mol. The Balaban J connectivity index is 1.18. The highest BCUT2D eigenvalue weighted by Crippen LogP contribution is 2.59. The van der Waals surface area contributed by atoms with Crippen molar-refractivity contribution >= 4 is 70.4 Å². The van der Waals surface area contributed by atoms with Crippen LogP contribution in [0.5, 0.6) is 0 Å². The van der Waals surface area contributed by atoms with Crippen LogP contribution in [0.3, 0.4) is 0 Å². The van der Waals surface area contributed by atoms with Gasteiger partial charge in [0.05, 0.1) is 22.1 Å². The van der Waals surface area contributed by atoms with Crippen LogP contribution in [0.4, 0.5) is 17.1 Å². The Morgan fingerprint density at radius 3 is 1.71 bits per heavy atom. The maximum atomic E-state index is 2.48. The van der Waals surface area contributed by atoms with Crippen molar-refractivity contribution in [1.29, 1.82) is 0 Å². The van der Waals surface area contributed by atoms with Gasteiger partial charge in [-0.25, -0.2) is 0 Å². The summed E-state index contributed by atoms with van der Waals surface area (Å²) in [6, 6.07) is 80.5. The molecule has 2 aromatic heterocycles. The molecule has 9 aromatic carbocycles. The molecular formula is C55H36N2S. The van der Waals surface area contributed by atoms with Crippen molar-refractivity contribution in [2.45, 2.75) is 5.41 Å². The molecule has 0 saturated carbocycles. The van der Waals surface area contributed by atoms with Crippen LogP contribution in [0, 0.1) is 0 Å². The van der Waals surface area contributed by atoms with E-state index in [2.05, 4.69) is 228 Å². The molecule has 3 heteroatoms. The van der Waals surface area contributed by atoms with Gasteiger partial charge in [0.1, 0.15) is 0 Å². The zero-order valence-corrected chi connectivity index (χ0v) is 32.4. The number of benzene rings is 9. The first-order valence-electron chi connectivity index (χ1n) is 19.9. The Morgan fingerprint density at radius 1 is 0.397 bits per heavy atom. The van der Waals surface area contributed by atoms with E-state index in [-0.39, 0.29) is 0 Å². The van der Waals surface area contributed by atoms with Crippen molar-refractivity contribution in [3.63, 3.8) is 0 Å². The van der Waals surface area contributed by atoms with Gasteiger partial charge in [-0.15, -0.1) is 11.3 Å². The van der Waals surface area contributed by atoms with E-state index in [0.29, 0.717) is 0 Å². The minimum Gasteiger partial charge on any atom is -0.310 e. The highest BCUT2D eigenvalue weighted by molar-refractivity contribution is 7.26. The summed E-state index contributed by atoms with van der Waals surface area (Å²) in [7, 11) is 0. The Labute approximate surface area is 341 Å². The number of nitrogens with zero attached hydrogens (tertiary/aromatic N) is 2. The molecule has 0 spiro atoms. The average Bonchev–Trinajstić information content (AvgIpc) is 3.94. The lowest BCUT2D eigenvalue weighted by atomic mass is 9.66. The first-order valence-corrected chi connectivity index (χ1v) is 20.8. The number of rotatable bonds is 6. The average molecular weight is 757 g/mol. The van der Waals surface area contributed by atoms with Crippen LogP contribution in [-0.2, 0) is 5.41 Å². The van der Waals surface area contributed by atoms with Gasteiger partial charge in [0, 0.05) is 48.0 Å². The predicted octanol–water partition coefficient (Wildman–Crippen LogP) is 15.0. The Kier molecular flexibility index (Phi) is 7.35. The second kappa shape index (κ2) is 12.9. The minimum absolute atomic E-state index is 0.523. The third-order valence-corrected chi connectivity index (χ3v) is 13.4. The Hall–Kier alpha value is -7.20. The van der Waals surface area contributed by atoms with Gasteiger partial charge in [0.15, 0.2) is 0 Å². The van der Waals surface area contributed by atoms with E-state index in [1.54, 1.807) is 0 Å². The molecule has 0 N–H and O–H groups in total. The molecule has 2 nitrogen and oxygen atoms in total. The Morgan fingerprint density at radius 2 is 0.966 bits per heavy atom. The van der Waals surface area contributed by atoms with E-state index < -0.39 is 5.41 Å². The molecule has 12 rings (SSSR count). The zero-order valence-electron chi connectivity index (χ0n) is 31.6. The van der Waals surface area contributed by atoms with Gasteiger partial charge in [0.2, 0.25) is 0 Å². The summed E-state index contributed by atoms with van der Waals surface area (Å²) >= 11 is 1.89. The normalized spacial score (nSPS) is 13.0. The second-order valence-electron chi connectivity index (χ2n) is 15.2. The third-order valence-electron chi connectivity index (χ3n) is 12.2. The largest absolute Gasteiger partial charge is 0.310 e. The van der Waals surface area contributed by atoms with E-state index in [0.717, 1.165) is 22.7 Å². The number of aromatic nitrogens is 1. The molecule has 0 bridgehead atoms. The maximum Gasteiger partial charge on any atom is 0.0720 e. The molecule has 0 aliphatic heterocycles. The van der Waals surface area contributed by atoms with Crippen LogP contribution in [0.1, 0.15) is 22.3 Å². The van der Waals surface area contributed by atoms with Crippen molar-refractivity contribution in [3.8, 4) is 16.8 Å². The van der Waals surface area contributed by atoms with E-state index in [4.69, 9.17) is 0 Å². The van der Waals surface area contributed by atoms with Crippen molar-refractivity contribution in [3.05, 3.63) is 241 Å². The first kappa shape index (κ1) is 33.0. The fourth-order valence-corrected chi connectivity index (χ4v) is 11.1. The van der Waals surface area contributed by atoms with Crippen LogP contribution in [0.2, 0.25) is 0 Å². The van der Waals surface area contributed by atoms with Gasteiger partial charge < -0.3 is 9.47 Å². The fraction of sp³-hybridized carbons (Fsp3) is 0.0182. The van der Waals surface area contributed by atoms with Gasteiger partial charge in [-0.2, -0.15) is 0 Å². The number of para-hydroxylation sites is 3. The van der Waals surface area contributed by atoms with Gasteiger partial charge in [0.25, 0.3) is 0 Å². The summed E-state index contributed by atoms with van der Waals surface area (Å²) < 4.78 is 4.94. The minimum atomic E-state index is -0.523. The van der Waals surface area contributed by atoms with Crippen LogP contribution < -0.4 is 4.90 Å². The fourth-order valence-electron chi connectivity index (χ4n) is 9.99. The van der Waals surface area contributed by atoms with E-state index in [9.17, 15) is 0 Å². The Bertz CT molecular complexity index is 3300.